The minimum absolute atomic E-state index is 0.198. The lowest BCUT2D eigenvalue weighted by Gasteiger charge is -2.34. The maximum atomic E-state index is 13.7. The minimum Gasteiger partial charge on any atom is -0.345 e. The fourth-order valence-corrected chi connectivity index (χ4v) is 3.77. The third-order valence-electron chi connectivity index (χ3n) is 4.05. The van der Waals surface area contributed by atoms with Crippen LogP contribution < -0.4 is 4.90 Å². The van der Waals surface area contributed by atoms with Gasteiger partial charge in [-0.15, -0.1) is 0 Å². The number of rotatable bonds is 4. The lowest BCUT2D eigenvalue weighted by molar-refractivity contribution is -0.131. The Kier molecular flexibility index (Phi) is 4.75. The molecule has 0 unspecified atom stereocenters. The summed E-state index contributed by atoms with van der Waals surface area (Å²) in [6, 6.07) is 2.17. The first kappa shape index (κ1) is 16.1. The highest BCUT2D eigenvalue weighted by Crippen LogP contribution is 2.31. The van der Waals surface area contributed by atoms with Crippen molar-refractivity contribution in [1.82, 2.24) is 9.88 Å². The Hall–Kier alpha value is -1.76. The maximum Gasteiger partial charge on any atom is 0.222 e. The fourth-order valence-electron chi connectivity index (χ4n) is 2.71. The number of carbonyl (C=O) groups excluding carboxylic acids is 1. The molecule has 0 bridgehead atoms. The van der Waals surface area contributed by atoms with Crippen molar-refractivity contribution in [1.29, 1.82) is 0 Å². The molecule has 4 nitrogen and oxygen atoms in total. The molecule has 23 heavy (non-hydrogen) atoms. The van der Waals surface area contributed by atoms with Gasteiger partial charge in [0, 0.05) is 38.7 Å². The molecule has 124 valence electrons. The molecule has 1 amide bonds. The predicted octanol–water partition coefficient (Wildman–Crippen LogP) is 3.41. The van der Waals surface area contributed by atoms with Crippen molar-refractivity contribution in [2.24, 2.45) is 0 Å². The zero-order valence-corrected chi connectivity index (χ0v) is 13.8. The monoisotopic (exact) mass is 339 g/mol. The third kappa shape index (κ3) is 3.44. The number of fused-ring (bicyclic) bond motifs is 1. The Morgan fingerprint density at radius 2 is 2.00 bits per heavy atom. The van der Waals surface area contributed by atoms with Crippen molar-refractivity contribution >= 4 is 32.6 Å². The van der Waals surface area contributed by atoms with E-state index in [9.17, 15) is 13.6 Å². The molecule has 0 atom stereocenters. The van der Waals surface area contributed by atoms with E-state index in [0.29, 0.717) is 42.4 Å². The van der Waals surface area contributed by atoms with Crippen LogP contribution in [0.15, 0.2) is 12.1 Å². The van der Waals surface area contributed by atoms with Crippen molar-refractivity contribution < 1.29 is 13.6 Å². The van der Waals surface area contributed by atoms with E-state index in [1.165, 1.54) is 17.4 Å². The topological polar surface area (TPSA) is 36.4 Å². The number of nitrogens with zero attached hydrogens (tertiary/aromatic N) is 3. The summed E-state index contributed by atoms with van der Waals surface area (Å²) in [5, 5.41) is 0.685. The molecule has 0 spiro atoms. The molecule has 2 heterocycles. The highest BCUT2D eigenvalue weighted by Gasteiger charge is 2.23. The molecule has 0 saturated carbocycles. The average Bonchev–Trinajstić information content (AvgIpc) is 2.97. The smallest absolute Gasteiger partial charge is 0.222 e. The number of hydrogen-bond acceptors (Lipinski definition) is 4. The molecule has 7 heteroatoms. The summed E-state index contributed by atoms with van der Waals surface area (Å²) in [6.45, 7) is 4.70. The number of carbonyl (C=O) groups is 1. The van der Waals surface area contributed by atoms with E-state index >= 15 is 0 Å². The molecule has 0 aliphatic carbocycles. The number of unbranched alkanes of at least 4 members (excludes halogenated alkanes) is 1. The van der Waals surface area contributed by atoms with Crippen LogP contribution in [0.1, 0.15) is 26.2 Å². The van der Waals surface area contributed by atoms with Gasteiger partial charge in [0.2, 0.25) is 5.91 Å². The molecular formula is C16H19F2N3OS. The Balaban J connectivity index is 1.68. The van der Waals surface area contributed by atoms with Crippen LogP contribution in [-0.4, -0.2) is 42.0 Å². The number of amides is 1. The van der Waals surface area contributed by atoms with Gasteiger partial charge >= 0.3 is 0 Å². The first-order chi connectivity index (χ1) is 11.1. The van der Waals surface area contributed by atoms with Gasteiger partial charge in [-0.05, 0) is 12.5 Å². The summed E-state index contributed by atoms with van der Waals surface area (Å²) in [5.74, 6) is -1.02. The molecule has 1 aliphatic heterocycles. The highest BCUT2D eigenvalue weighted by molar-refractivity contribution is 7.22. The van der Waals surface area contributed by atoms with Gasteiger partial charge in [-0.25, -0.2) is 13.8 Å². The van der Waals surface area contributed by atoms with E-state index in [2.05, 4.69) is 11.9 Å². The van der Waals surface area contributed by atoms with Gasteiger partial charge < -0.3 is 9.80 Å². The van der Waals surface area contributed by atoms with Gasteiger partial charge in [-0.1, -0.05) is 24.7 Å². The summed E-state index contributed by atoms with van der Waals surface area (Å²) in [5.41, 5.74) is 0.216. The second-order valence-electron chi connectivity index (χ2n) is 5.70. The SMILES string of the molecule is CCCCC(=O)N1CCN(c2nc3c(F)cc(F)cc3s2)CC1. The van der Waals surface area contributed by atoms with E-state index in [4.69, 9.17) is 0 Å². The first-order valence-corrected chi connectivity index (χ1v) is 8.68. The number of piperazine rings is 1. The van der Waals surface area contributed by atoms with Crippen LogP contribution in [0.3, 0.4) is 0 Å². The molecule has 3 rings (SSSR count). The molecule has 2 aromatic rings. The second-order valence-corrected chi connectivity index (χ2v) is 6.71. The van der Waals surface area contributed by atoms with Crippen LogP contribution in [0.2, 0.25) is 0 Å². The normalized spacial score (nSPS) is 15.4. The van der Waals surface area contributed by atoms with Gasteiger partial charge in [0.1, 0.15) is 11.3 Å². The zero-order chi connectivity index (χ0) is 16.4. The standard InChI is InChI=1S/C16H19F2N3OS/c1-2-3-4-14(22)20-5-7-21(8-6-20)16-19-15-12(18)9-11(17)10-13(15)23-16/h9-10H,2-8H2,1H3. The van der Waals surface area contributed by atoms with Crippen molar-refractivity contribution in [3.63, 3.8) is 0 Å². The zero-order valence-electron chi connectivity index (χ0n) is 13.0. The Morgan fingerprint density at radius 1 is 1.26 bits per heavy atom. The maximum absolute atomic E-state index is 13.7. The Bertz CT molecular complexity index is 711. The number of halogens is 2. The van der Waals surface area contributed by atoms with E-state index in [1.54, 1.807) is 0 Å². The molecule has 1 saturated heterocycles. The largest absolute Gasteiger partial charge is 0.345 e. The Labute approximate surface area is 137 Å². The van der Waals surface area contributed by atoms with Crippen LogP contribution in [-0.2, 0) is 4.79 Å². The van der Waals surface area contributed by atoms with Gasteiger partial charge in [-0.3, -0.25) is 4.79 Å². The lowest BCUT2D eigenvalue weighted by atomic mass is 10.2. The summed E-state index contributed by atoms with van der Waals surface area (Å²) in [6.07, 6.45) is 2.53. The van der Waals surface area contributed by atoms with Crippen LogP contribution in [0.5, 0.6) is 0 Å². The molecular weight excluding hydrogens is 320 g/mol. The number of anilines is 1. The highest BCUT2D eigenvalue weighted by atomic mass is 32.1. The minimum atomic E-state index is -0.629. The summed E-state index contributed by atoms with van der Waals surface area (Å²) in [4.78, 5) is 20.2. The van der Waals surface area contributed by atoms with Crippen molar-refractivity contribution in [2.45, 2.75) is 26.2 Å². The van der Waals surface area contributed by atoms with E-state index in [-0.39, 0.29) is 11.4 Å². The number of benzene rings is 1. The van der Waals surface area contributed by atoms with Crippen LogP contribution >= 0.6 is 11.3 Å². The van der Waals surface area contributed by atoms with Crippen LogP contribution in [0.4, 0.5) is 13.9 Å². The van der Waals surface area contributed by atoms with Crippen LogP contribution in [0, 0.1) is 11.6 Å². The number of thiazole rings is 1. The lowest BCUT2D eigenvalue weighted by Crippen LogP contribution is -2.48. The number of hydrogen-bond donors (Lipinski definition) is 0. The van der Waals surface area contributed by atoms with E-state index < -0.39 is 11.6 Å². The fraction of sp³-hybridized carbons (Fsp3) is 0.500. The van der Waals surface area contributed by atoms with Crippen molar-refractivity contribution in [2.75, 3.05) is 31.1 Å². The van der Waals surface area contributed by atoms with Crippen LogP contribution in [0.25, 0.3) is 10.2 Å². The number of aromatic nitrogens is 1. The summed E-state index contributed by atoms with van der Waals surface area (Å²) >= 11 is 1.29. The second kappa shape index (κ2) is 6.78. The van der Waals surface area contributed by atoms with Crippen molar-refractivity contribution in [3.05, 3.63) is 23.8 Å². The Morgan fingerprint density at radius 3 is 2.70 bits per heavy atom. The van der Waals surface area contributed by atoms with Gasteiger partial charge in [-0.2, -0.15) is 0 Å². The quantitative estimate of drug-likeness (QED) is 0.856. The van der Waals surface area contributed by atoms with Gasteiger partial charge in [0.25, 0.3) is 0 Å². The molecule has 1 fully saturated rings. The van der Waals surface area contributed by atoms with E-state index in [0.717, 1.165) is 18.9 Å². The molecule has 1 aromatic heterocycles. The average molecular weight is 339 g/mol. The van der Waals surface area contributed by atoms with Gasteiger partial charge in [0.05, 0.1) is 4.70 Å². The molecule has 0 N–H and O–H groups in total. The third-order valence-corrected chi connectivity index (χ3v) is 5.11. The first-order valence-electron chi connectivity index (χ1n) is 7.87. The van der Waals surface area contributed by atoms with Crippen molar-refractivity contribution in [3.8, 4) is 0 Å². The molecule has 1 aliphatic rings. The molecule has 0 radical (unpaired) electrons. The predicted molar refractivity (Wildman–Crippen MR) is 87.9 cm³/mol. The summed E-state index contributed by atoms with van der Waals surface area (Å²) < 4.78 is 27.5. The summed E-state index contributed by atoms with van der Waals surface area (Å²) in [7, 11) is 0. The molecule has 1 aromatic carbocycles. The van der Waals surface area contributed by atoms with Gasteiger partial charge in [0.15, 0.2) is 10.9 Å². The van der Waals surface area contributed by atoms with E-state index in [1.807, 2.05) is 9.80 Å².